The summed E-state index contributed by atoms with van der Waals surface area (Å²) >= 11 is 0. The van der Waals surface area contributed by atoms with E-state index in [-0.39, 0.29) is 0 Å². The normalized spacial score (nSPS) is 37.5. The van der Waals surface area contributed by atoms with Crippen molar-refractivity contribution in [1.82, 2.24) is 0 Å². The highest BCUT2D eigenvalue weighted by Gasteiger charge is 2.34. The van der Waals surface area contributed by atoms with E-state index >= 15 is 0 Å². The van der Waals surface area contributed by atoms with Gasteiger partial charge in [-0.2, -0.15) is 0 Å². The molecule has 0 saturated heterocycles. The van der Waals surface area contributed by atoms with E-state index in [4.69, 9.17) is 0 Å². The van der Waals surface area contributed by atoms with Crippen LogP contribution < -0.4 is 0 Å². The molecule has 0 bridgehead atoms. The molecule has 2 aliphatic carbocycles. The average molecular weight is 222 g/mol. The van der Waals surface area contributed by atoms with Gasteiger partial charge in [0.1, 0.15) is 0 Å². The topological polar surface area (TPSA) is 0 Å². The number of hydrogen-bond acceptors (Lipinski definition) is 0. The minimum absolute atomic E-state index is 1.06. The summed E-state index contributed by atoms with van der Waals surface area (Å²) < 4.78 is 0. The van der Waals surface area contributed by atoms with Crippen LogP contribution in [0.1, 0.15) is 78.1 Å². The first kappa shape index (κ1) is 12.5. The zero-order chi connectivity index (χ0) is 11.4. The summed E-state index contributed by atoms with van der Waals surface area (Å²) in [7, 11) is 0. The molecule has 3 atom stereocenters. The first-order valence-electron chi connectivity index (χ1n) is 7.85. The zero-order valence-corrected chi connectivity index (χ0v) is 11.4. The third-order valence-corrected chi connectivity index (χ3v) is 5.51. The predicted octanol–water partition coefficient (Wildman–Crippen LogP) is 5.42. The maximum absolute atomic E-state index is 2.42. The zero-order valence-electron chi connectivity index (χ0n) is 11.4. The van der Waals surface area contributed by atoms with Crippen molar-refractivity contribution >= 4 is 0 Å². The van der Waals surface area contributed by atoms with Crippen molar-refractivity contribution < 1.29 is 0 Å². The number of hydrogen-bond donors (Lipinski definition) is 0. The Morgan fingerprint density at radius 3 is 2.19 bits per heavy atom. The van der Waals surface area contributed by atoms with Crippen LogP contribution in [0.3, 0.4) is 0 Å². The van der Waals surface area contributed by atoms with Gasteiger partial charge in [-0.3, -0.25) is 0 Å². The van der Waals surface area contributed by atoms with Crippen LogP contribution in [0, 0.1) is 23.7 Å². The van der Waals surface area contributed by atoms with Crippen molar-refractivity contribution in [2.45, 2.75) is 78.1 Å². The van der Waals surface area contributed by atoms with Gasteiger partial charge in [0.2, 0.25) is 0 Å². The summed E-state index contributed by atoms with van der Waals surface area (Å²) in [5.74, 6) is 4.35. The highest BCUT2D eigenvalue weighted by Crippen LogP contribution is 2.45. The molecule has 0 N–H and O–H groups in total. The molecule has 0 aromatic rings. The van der Waals surface area contributed by atoms with E-state index in [1.807, 2.05) is 0 Å². The summed E-state index contributed by atoms with van der Waals surface area (Å²) in [4.78, 5) is 0. The molecule has 2 saturated carbocycles. The Labute approximate surface area is 102 Å². The second-order valence-electron chi connectivity index (χ2n) is 6.32. The SMILES string of the molecule is CCC1CCC(CC)C(C2CCCCC2)C1. The summed E-state index contributed by atoms with van der Waals surface area (Å²) in [6, 6.07) is 0. The fraction of sp³-hybridized carbons (Fsp3) is 1.00. The van der Waals surface area contributed by atoms with Gasteiger partial charge in [-0.15, -0.1) is 0 Å². The first-order valence-corrected chi connectivity index (χ1v) is 7.85. The Morgan fingerprint density at radius 1 is 0.812 bits per heavy atom. The van der Waals surface area contributed by atoms with Crippen LogP contribution >= 0.6 is 0 Å². The van der Waals surface area contributed by atoms with Crippen LogP contribution in [0.2, 0.25) is 0 Å². The van der Waals surface area contributed by atoms with Gasteiger partial charge in [-0.05, 0) is 36.5 Å². The minimum atomic E-state index is 1.06. The molecular weight excluding hydrogens is 192 g/mol. The van der Waals surface area contributed by atoms with E-state index in [0.29, 0.717) is 0 Å². The van der Waals surface area contributed by atoms with E-state index in [0.717, 1.165) is 23.7 Å². The lowest BCUT2D eigenvalue weighted by molar-refractivity contribution is 0.0920. The van der Waals surface area contributed by atoms with Crippen LogP contribution in [-0.4, -0.2) is 0 Å². The van der Waals surface area contributed by atoms with Gasteiger partial charge in [-0.25, -0.2) is 0 Å². The number of rotatable bonds is 3. The molecule has 0 radical (unpaired) electrons. The largest absolute Gasteiger partial charge is 0.0651 e. The van der Waals surface area contributed by atoms with Gasteiger partial charge in [0, 0.05) is 0 Å². The second-order valence-corrected chi connectivity index (χ2v) is 6.32. The van der Waals surface area contributed by atoms with E-state index in [1.165, 1.54) is 44.9 Å². The molecule has 2 fully saturated rings. The summed E-state index contributed by atoms with van der Waals surface area (Å²) in [6.07, 6.45) is 15.2. The van der Waals surface area contributed by atoms with E-state index in [1.54, 1.807) is 19.3 Å². The van der Waals surface area contributed by atoms with E-state index < -0.39 is 0 Å². The molecule has 0 heterocycles. The van der Waals surface area contributed by atoms with Crippen molar-refractivity contribution in [3.05, 3.63) is 0 Å². The van der Waals surface area contributed by atoms with Crippen LogP contribution in [-0.2, 0) is 0 Å². The Balaban J connectivity index is 1.95. The van der Waals surface area contributed by atoms with Crippen LogP contribution in [0.5, 0.6) is 0 Å². The molecule has 94 valence electrons. The molecular formula is C16H30. The third kappa shape index (κ3) is 2.81. The van der Waals surface area contributed by atoms with Crippen molar-refractivity contribution in [3.63, 3.8) is 0 Å². The summed E-state index contributed by atoms with van der Waals surface area (Å²) in [5.41, 5.74) is 0. The fourth-order valence-corrected chi connectivity index (χ4v) is 4.38. The predicted molar refractivity (Wildman–Crippen MR) is 71.5 cm³/mol. The second kappa shape index (κ2) is 6.07. The highest BCUT2D eigenvalue weighted by atomic mass is 14.4. The van der Waals surface area contributed by atoms with Gasteiger partial charge >= 0.3 is 0 Å². The molecule has 2 rings (SSSR count). The third-order valence-electron chi connectivity index (χ3n) is 5.51. The van der Waals surface area contributed by atoms with Gasteiger partial charge in [0.15, 0.2) is 0 Å². The summed E-state index contributed by atoms with van der Waals surface area (Å²) in [5, 5.41) is 0. The van der Waals surface area contributed by atoms with Crippen LogP contribution in [0.15, 0.2) is 0 Å². The average Bonchev–Trinajstić information content (AvgIpc) is 2.39. The Bertz CT molecular complexity index is 190. The van der Waals surface area contributed by atoms with Gasteiger partial charge in [-0.1, -0.05) is 65.2 Å². The van der Waals surface area contributed by atoms with Gasteiger partial charge in [0.25, 0.3) is 0 Å². The van der Waals surface area contributed by atoms with Crippen molar-refractivity contribution in [1.29, 1.82) is 0 Å². The molecule has 3 unspecified atom stereocenters. The maximum atomic E-state index is 2.42. The maximum Gasteiger partial charge on any atom is -0.0355 e. The lowest BCUT2D eigenvalue weighted by Crippen LogP contribution is -2.31. The van der Waals surface area contributed by atoms with Gasteiger partial charge < -0.3 is 0 Å². The molecule has 0 aliphatic heterocycles. The molecule has 2 aliphatic rings. The standard InChI is InChI=1S/C16H30/c1-3-13-10-11-14(4-2)16(12-13)15-8-6-5-7-9-15/h13-16H,3-12H2,1-2H3. The molecule has 0 amide bonds. The molecule has 0 heteroatoms. The summed E-state index contributed by atoms with van der Waals surface area (Å²) in [6.45, 7) is 4.82. The van der Waals surface area contributed by atoms with Crippen molar-refractivity contribution in [3.8, 4) is 0 Å². The Morgan fingerprint density at radius 2 is 1.56 bits per heavy atom. The van der Waals surface area contributed by atoms with Crippen LogP contribution in [0.4, 0.5) is 0 Å². The fourth-order valence-electron chi connectivity index (χ4n) is 4.38. The lowest BCUT2D eigenvalue weighted by Gasteiger charge is -2.41. The van der Waals surface area contributed by atoms with Crippen molar-refractivity contribution in [2.75, 3.05) is 0 Å². The monoisotopic (exact) mass is 222 g/mol. The van der Waals surface area contributed by atoms with E-state index in [2.05, 4.69) is 13.8 Å². The molecule has 0 spiro atoms. The first-order chi connectivity index (χ1) is 7.85. The smallest absolute Gasteiger partial charge is 0.0355 e. The molecule has 16 heavy (non-hydrogen) atoms. The molecule has 0 aromatic heterocycles. The minimum Gasteiger partial charge on any atom is -0.0651 e. The molecule has 0 nitrogen and oxygen atoms in total. The van der Waals surface area contributed by atoms with Gasteiger partial charge in [0.05, 0.1) is 0 Å². The van der Waals surface area contributed by atoms with E-state index in [9.17, 15) is 0 Å². The quantitative estimate of drug-likeness (QED) is 0.598. The molecule has 0 aromatic carbocycles. The highest BCUT2D eigenvalue weighted by molar-refractivity contribution is 4.85. The van der Waals surface area contributed by atoms with Crippen molar-refractivity contribution in [2.24, 2.45) is 23.7 Å². The van der Waals surface area contributed by atoms with Crippen LogP contribution in [0.25, 0.3) is 0 Å². The Hall–Kier alpha value is 0. The lowest BCUT2D eigenvalue weighted by atomic mass is 9.64. The Kier molecular flexibility index (Phi) is 4.73.